The third-order valence-electron chi connectivity index (χ3n) is 3.07. The summed E-state index contributed by atoms with van der Waals surface area (Å²) in [4.78, 5) is 26.8. The highest BCUT2D eigenvalue weighted by molar-refractivity contribution is 5.79. The van der Waals surface area contributed by atoms with E-state index >= 15 is 0 Å². The molecule has 6 nitrogen and oxygen atoms in total. The molecule has 1 heterocycles. The molecule has 0 aromatic heterocycles. The highest BCUT2D eigenvalue weighted by atomic mass is 16.5. The summed E-state index contributed by atoms with van der Waals surface area (Å²) in [7, 11) is 5.05. The second kappa shape index (κ2) is 8.12. The molecule has 1 aliphatic rings. The predicted molar refractivity (Wildman–Crippen MR) is 70.7 cm³/mol. The van der Waals surface area contributed by atoms with E-state index in [0.717, 1.165) is 19.4 Å². The highest BCUT2D eigenvalue weighted by Crippen LogP contribution is 2.13. The quantitative estimate of drug-likeness (QED) is 0.616. The van der Waals surface area contributed by atoms with Crippen molar-refractivity contribution in [2.75, 3.05) is 47.4 Å². The number of esters is 1. The van der Waals surface area contributed by atoms with Gasteiger partial charge in [0.1, 0.15) is 0 Å². The molecule has 0 aliphatic carbocycles. The average Bonchev–Trinajstić information content (AvgIpc) is 2.85. The SMILES string of the molecule is COC(=O)CCN(CC1CCCO1)C(=O)CN(C)C. The van der Waals surface area contributed by atoms with Gasteiger partial charge in [0.25, 0.3) is 0 Å². The molecule has 0 bridgehead atoms. The summed E-state index contributed by atoms with van der Waals surface area (Å²) < 4.78 is 10.2. The van der Waals surface area contributed by atoms with Crippen LogP contribution in [0.5, 0.6) is 0 Å². The van der Waals surface area contributed by atoms with Gasteiger partial charge in [0, 0.05) is 19.7 Å². The van der Waals surface area contributed by atoms with Crippen molar-refractivity contribution in [3.63, 3.8) is 0 Å². The van der Waals surface area contributed by atoms with Gasteiger partial charge in [-0.3, -0.25) is 9.59 Å². The van der Waals surface area contributed by atoms with Gasteiger partial charge in [0.2, 0.25) is 5.91 Å². The van der Waals surface area contributed by atoms with Gasteiger partial charge in [0.05, 0.1) is 26.2 Å². The zero-order valence-corrected chi connectivity index (χ0v) is 12.1. The van der Waals surface area contributed by atoms with Crippen LogP contribution < -0.4 is 0 Å². The molecule has 19 heavy (non-hydrogen) atoms. The standard InChI is InChI=1S/C13H24N2O4/c1-14(2)10-12(16)15(7-6-13(17)18-3)9-11-5-4-8-19-11/h11H,4-10H2,1-3H3. The van der Waals surface area contributed by atoms with Gasteiger partial charge in [0.15, 0.2) is 0 Å². The lowest BCUT2D eigenvalue weighted by atomic mass is 10.2. The van der Waals surface area contributed by atoms with Crippen molar-refractivity contribution in [3.05, 3.63) is 0 Å². The molecule has 0 saturated carbocycles. The Balaban J connectivity index is 2.50. The number of rotatable bonds is 7. The average molecular weight is 272 g/mol. The molecule has 110 valence electrons. The van der Waals surface area contributed by atoms with Crippen LogP contribution in [0.25, 0.3) is 0 Å². The zero-order chi connectivity index (χ0) is 14.3. The largest absolute Gasteiger partial charge is 0.469 e. The van der Waals surface area contributed by atoms with E-state index in [9.17, 15) is 9.59 Å². The molecular formula is C13H24N2O4. The van der Waals surface area contributed by atoms with Crippen LogP contribution >= 0.6 is 0 Å². The maximum atomic E-state index is 12.1. The van der Waals surface area contributed by atoms with Crippen molar-refractivity contribution in [2.24, 2.45) is 0 Å². The van der Waals surface area contributed by atoms with E-state index in [0.29, 0.717) is 19.6 Å². The molecule has 1 unspecified atom stereocenters. The molecule has 1 amide bonds. The van der Waals surface area contributed by atoms with Gasteiger partial charge in [-0.1, -0.05) is 0 Å². The zero-order valence-electron chi connectivity index (χ0n) is 12.1. The molecule has 0 aromatic carbocycles. The number of carbonyl (C=O) groups excluding carboxylic acids is 2. The van der Waals surface area contributed by atoms with Crippen LogP contribution in [-0.4, -0.2) is 75.2 Å². The molecular weight excluding hydrogens is 248 g/mol. The molecule has 1 atom stereocenters. The number of methoxy groups -OCH3 is 1. The number of amides is 1. The molecule has 6 heteroatoms. The van der Waals surface area contributed by atoms with Crippen molar-refractivity contribution in [1.29, 1.82) is 0 Å². The van der Waals surface area contributed by atoms with Gasteiger partial charge in [-0.2, -0.15) is 0 Å². The molecule has 1 aliphatic heterocycles. The first-order chi connectivity index (χ1) is 9.02. The van der Waals surface area contributed by atoms with Crippen molar-refractivity contribution in [2.45, 2.75) is 25.4 Å². The van der Waals surface area contributed by atoms with Crippen LogP contribution in [0.4, 0.5) is 0 Å². The van der Waals surface area contributed by atoms with E-state index in [4.69, 9.17) is 4.74 Å². The first kappa shape index (κ1) is 15.9. The fourth-order valence-electron chi connectivity index (χ4n) is 2.05. The van der Waals surface area contributed by atoms with Crippen LogP contribution in [0.1, 0.15) is 19.3 Å². The Morgan fingerprint density at radius 2 is 2.11 bits per heavy atom. The smallest absolute Gasteiger partial charge is 0.307 e. The third-order valence-corrected chi connectivity index (χ3v) is 3.07. The predicted octanol–water partition coefficient (Wildman–Crippen LogP) is 0.119. The third kappa shape index (κ3) is 6.02. The van der Waals surface area contributed by atoms with E-state index in [1.807, 2.05) is 19.0 Å². The van der Waals surface area contributed by atoms with E-state index < -0.39 is 0 Å². The summed E-state index contributed by atoms with van der Waals surface area (Å²) in [5, 5.41) is 0. The number of ether oxygens (including phenoxy) is 2. The second-order valence-electron chi connectivity index (χ2n) is 5.04. The molecule has 0 spiro atoms. The van der Waals surface area contributed by atoms with Crippen molar-refractivity contribution in [1.82, 2.24) is 9.80 Å². The molecule has 1 fully saturated rings. The van der Waals surface area contributed by atoms with Crippen LogP contribution in [0, 0.1) is 0 Å². The molecule has 0 aromatic rings. The summed E-state index contributed by atoms with van der Waals surface area (Å²) in [6.07, 6.45) is 2.34. The van der Waals surface area contributed by atoms with Crippen LogP contribution in [0.2, 0.25) is 0 Å². The summed E-state index contributed by atoms with van der Waals surface area (Å²) in [5.41, 5.74) is 0. The molecule has 1 rings (SSSR count). The number of hydrogen-bond donors (Lipinski definition) is 0. The minimum absolute atomic E-state index is 0.0180. The Morgan fingerprint density at radius 3 is 2.63 bits per heavy atom. The van der Waals surface area contributed by atoms with Crippen LogP contribution in [-0.2, 0) is 19.1 Å². The van der Waals surface area contributed by atoms with Crippen molar-refractivity contribution in [3.8, 4) is 0 Å². The van der Waals surface area contributed by atoms with E-state index in [1.54, 1.807) is 4.90 Å². The first-order valence-corrected chi connectivity index (χ1v) is 6.64. The summed E-state index contributed by atoms with van der Waals surface area (Å²) in [6, 6.07) is 0. The summed E-state index contributed by atoms with van der Waals surface area (Å²) in [5.74, 6) is -0.278. The highest BCUT2D eigenvalue weighted by Gasteiger charge is 2.23. The maximum absolute atomic E-state index is 12.1. The molecule has 0 N–H and O–H groups in total. The van der Waals surface area contributed by atoms with E-state index in [1.165, 1.54) is 7.11 Å². The normalized spacial score (nSPS) is 18.6. The fraction of sp³-hybridized carbons (Fsp3) is 0.846. The minimum atomic E-state index is -0.296. The van der Waals surface area contributed by atoms with Crippen molar-refractivity contribution < 1.29 is 19.1 Å². The van der Waals surface area contributed by atoms with Gasteiger partial charge >= 0.3 is 5.97 Å². The van der Waals surface area contributed by atoms with Crippen LogP contribution in [0.3, 0.4) is 0 Å². The Hall–Kier alpha value is -1.14. The maximum Gasteiger partial charge on any atom is 0.307 e. The lowest BCUT2D eigenvalue weighted by Crippen LogP contribution is -2.43. The topological polar surface area (TPSA) is 59.1 Å². The number of nitrogens with zero attached hydrogens (tertiary/aromatic N) is 2. The van der Waals surface area contributed by atoms with Gasteiger partial charge in [-0.25, -0.2) is 0 Å². The van der Waals surface area contributed by atoms with Crippen LogP contribution in [0.15, 0.2) is 0 Å². The first-order valence-electron chi connectivity index (χ1n) is 6.64. The lowest BCUT2D eigenvalue weighted by molar-refractivity contribution is -0.142. The Morgan fingerprint density at radius 1 is 1.37 bits per heavy atom. The van der Waals surface area contributed by atoms with Gasteiger partial charge < -0.3 is 19.3 Å². The fourth-order valence-corrected chi connectivity index (χ4v) is 2.05. The number of likely N-dealkylation sites (N-methyl/N-ethyl adjacent to an activating group) is 1. The molecule has 1 saturated heterocycles. The number of carbonyl (C=O) groups is 2. The molecule has 0 radical (unpaired) electrons. The van der Waals surface area contributed by atoms with Gasteiger partial charge in [-0.15, -0.1) is 0 Å². The number of hydrogen-bond acceptors (Lipinski definition) is 5. The Labute approximate surface area is 114 Å². The Bertz CT molecular complexity index is 301. The monoisotopic (exact) mass is 272 g/mol. The summed E-state index contributed by atoms with van der Waals surface area (Å²) in [6.45, 7) is 2.05. The lowest BCUT2D eigenvalue weighted by Gasteiger charge is -2.26. The second-order valence-corrected chi connectivity index (χ2v) is 5.04. The Kier molecular flexibility index (Phi) is 6.80. The minimum Gasteiger partial charge on any atom is -0.469 e. The van der Waals surface area contributed by atoms with Crippen molar-refractivity contribution >= 4 is 11.9 Å². The van der Waals surface area contributed by atoms with Gasteiger partial charge in [-0.05, 0) is 26.9 Å². The summed E-state index contributed by atoms with van der Waals surface area (Å²) >= 11 is 0. The van der Waals surface area contributed by atoms with E-state index in [-0.39, 0.29) is 24.4 Å². The van der Waals surface area contributed by atoms with E-state index in [2.05, 4.69) is 4.74 Å².